The van der Waals surface area contributed by atoms with E-state index < -0.39 is 33.8 Å². The third-order valence-electron chi connectivity index (χ3n) is 6.10. The van der Waals surface area contributed by atoms with E-state index in [9.17, 15) is 22.7 Å². The molecular weight excluding hydrogens is 457 g/mol. The maximum absolute atomic E-state index is 13.2. The van der Waals surface area contributed by atoms with Crippen molar-refractivity contribution in [3.63, 3.8) is 0 Å². The molecule has 0 radical (unpaired) electrons. The van der Waals surface area contributed by atoms with Gasteiger partial charge in [-0.3, -0.25) is 4.72 Å². The molecule has 1 saturated carbocycles. The molecule has 5 rings (SSSR count). The number of cyclic esters (lactones) is 1. The lowest BCUT2D eigenvalue weighted by Gasteiger charge is -2.18. The van der Waals surface area contributed by atoms with Crippen LogP contribution in [0.5, 0.6) is 0 Å². The van der Waals surface area contributed by atoms with Gasteiger partial charge in [-0.25, -0.2) is 17.6 Å². The molecule has 8 heteroatoms. The summed E-state index contributed by atoms with van der Waals surface area (Å²) in [6.45, 7) is 0. The normalized spacial score (nSPS) is 19.1. The van der Waals surface area contributed by atoms with Crippen molar-refractivity contribution < 1.29 is 27.4 Å². The first kappa shape index (κ1) is 22.2. The minimum Gasteiger partial charge on any atom is -0.507 e. The summed E-state index contributed by atoms with van der Waals surface area (Å²) < 4.78 is 46.7. The molecule has 0 saturated heterocycles. The van der Waals surface area contributed by atoms with E-state index in [1.54, 1.807) is 30.3 Å². The van der Waals surface area contributed by atoms with Crippen molar-refractivity contribution in [1.29, 1.82) is 0 Å². The third-order valence-corrected chi connectivity index (χ3v) is 7.49. The highest BCUT2D eigenvalue weighted by Crippen LogP contribution is 2.51. The summed E-state index contributed by atoms with van der Waals surface area (Å²) in [6, 6.07) is 20.3. The summed E-state index contributed by atoms with van der Waals surface area (Å²) in [7, 11) is -3.93. The zero-order chi connectivity index (χ0) is 23.9. The second kappa shape index (κ2) is 8.61. The Morgan fingerprint density at radius 3 is 2.35 bits per heavy atom. The average Bonchev–Trinajstić information content (AvgIpc) is 3.61. The number of sulfonamides is 1. The number of carbonyl (C=O) groups excluding carboxylic acids is 1. The van der Waals surface area contributed by atoms with Gasteiger partial charge in [0.25, 0.3) is 10.0 Å². The Morgan fingerprint density at radius 1 is 0.971 bits per heavy atom. The number of rotatable bonds is 7. The summed E-state index contributed by atoms with van der Waals surface area (Å²) in [5.41, 5.74) is 1.90. The van der Waals surface area contributed by atoms with Gasteiger partial charge in [0.1, 0.15) is 11.6 Å². The Morgan fingerprint density at radius 2 is 1.68 bits per heavy atom. The van der Waals surface area contributed by atoms with Gasteiger partial charge in [-0.2, -0.15) is 0 Å². The van der Waals surface area contributed by atoms with E-state index in [1.165, 1.54) is 12.1 Å². The summed E-state index contributed by atoms with van der Waals surface area (Å²) in [5, 5.41) is 11.0. The fourth-order valence-corrected chi connectivity index (χ4v) is 5.39. The summed E-state index contributed by atoms with van der Waals surface area (Å²) in [6.07, 6.45) is 0.914. The molecule has 2 unspecified atom stereocenters. The van der Waals surface area contributed by atoms with Crippen LogP contribution in [0.1, 0.15) is 36.0 Å². The van der Waals surface area contributed by atoms with E-state index in [2.05, 4.69) is 4.72 Å². The van der Waals surface area contributed by atoms with Gasteiger partial charge < -0.3 is 9.84 Å². The van der Waals surface area contributed by atoms with Crippen LogP contribution >= 0.6 is 0 Å². The average molecular weight is 480 g/mol. The number of aliphatic hydroxyl groups is 1. The van der Waals surface area contributed by atoms with Gasteiger partial charge in [-0.05, 0) is 60.7 Å². The fourth-order valence-electron chi connectivity index (χ4n) is 4.34. The molecule has 1 heterocycles. The van der Waals surface area contributed by atoms with E-state index in [0.717, 1.165) is 25.0 Å². The number of aliphatic hydroxyl groups excluding tert-OH is 1. The Hall–Kier alpha value is -3.65. The lowest BCUT2D eigenvalue weighted by Crippen LogP contribution is -2.15. The van der Waals surface area contributed by atoms with E-state index >= 15 is 0 Å². The first-order chi connectivity index (χ1) is 16.3. The van der Waals surface area contributed by atoms with Crippen LogP contribution < -0.4 is 4.72 Å². The number of nitrogens with one attached hydrogen (secondary N) is 1. The van der Waals surface area contributed by atoms with Crippen LogP contribution in [0, 0.1) is 11.7 Å². The molecule has 0 spiro atoms. The van der Waals surface area contributed by atoms with E-state index in [4.69, 9.17) is 4.74 Å². The smallest absolute Gasteiger partial charge is 0.339 e. The topological polar surface area (TPSA) is 92.7 Å². The maximum Gasteiger partial charge on any atom is 0.339 e. The molecule has 1 aliphatic heterocycles. The molecule has 0 bridgehead atoms. The number of carbonyl (C=O) groups is 1. The lowest BCUT2D eigenvalue weighted by molar-refractivity contribution is -0.140. The van der Waals surface area contributed by atoms with Crippen LogP contribution in [0.2, 0.25) is 0 Å². The van der Waals surface area contributed by atoms with E-state index in [-0.39, 0.29) is 22.1 Å². The number of hydrogen-bond donors (Lipinski definition) is 2. The number of halogens is 1. The fraction of sp³-hybridized carbons (Fsp3) is 0.192. The van der Waals surface area contributed by atoms with E-state index in [1.807, 2.05) is 24.3 Å². The summed E-state index contributed by atoms with van der Waals surface area (Å²) in [4.78, 5) is 12.8. The quantitative estimate of drug-likeness (QED) is 0.453. The second-order valence-electron chi connectivity index (χ2n) is 8.49. The molecule has 0 amide bonds. The van der Waals surface area contributed by atoms with Crippen molar-refractivity contribution in [3.8, 4) is 0 Å². The van der Waals surface area contributed by atoms with Gasteiger partial charge in [0.2, 0.25) is 0 Å². The molecule has 3 aromatic carbocycles. The largest absolute Gasteiger partial charge is 0.507 e. The summed E-state index contributed by atoms with van der Waals surface area (Å²) in [5.74, 6) is -1.48. The first-order valence-corrected chi connectivity index (χ1v) is 12.4. The Labute approximate surface area is 196 Å². The van der Waals surface area contributed by atoms with Crippen molar-refractivity contribution >= 4 is 21.7 Å². The lowest BCUT2D eigenvalue weighted by atomic mass is 9.85. The highest BCUT2D eigenvalue weighted by Gasteiger charge is 2.45. The molecular formula is C26H22FNO5S. The summed E-state index contributed by atoms with van der Waals surface area (Å²) >= 11 is 0. The zero-order valence-corrected chi connectivity index (χ0v) is 18.8. The van der Waals surface area contributed by atoms with Crippen LogP contribution in [-0.4, -0.2) is 19.5 Å². The van der Waals surface area contributed by atoms with Gasteiger partial charge in [0.15, 0.2) is 6.10 Å². The highest BCUT2D eigenvalue weighted by atomic mass is 32.2. The molecule has 1 fully saturated rings. The molecule has 0 aromatic heterocycles. The Balaban J connectivity index is 1.48. The molecule has 2 N–H and O–H groups in total. The predicted molar refractivity (Wildman–Crippen MR) is 124 cm³/mol. The van der Waals surface area contributed by atoms with Crippen LogP contribution in [0.25, 0.3) is 0 Å². The van der Waals surface area contributed by atoms with Gasteiger partial charge in [0.05, 0.1) is 10.5 Å². The number of hydrogen-bond acceptors (Lipinski definition) is 5. The standard InChI is InChI=1S/C26H22FNO5S/c27-19-11-13-21(14-12-19)34(31,32)28-20-8-4-7-18(15-20)22(16-9-10-16)23-24(29)25(33-26(23)30)17-5-2-1-3-6-17/h1-8,11-16,22,25,28-29H,9-10H2. The van der Waals surface area contributed by atoms with Crippen LogP contribution in [0.15, 0.2) is 95.1 Å². The van der Waals surface area contributed by atoms with E-state index in [0.29, 0.717) is 16.8 Å². The van der Waals surface area contributed by atoms with Crippen LogP contribution in [0.3, 0.4) is 0 Å². The maximum atomic E-state index is 13.2. The Kier molecular flexibility index (Phi) is 5.61. The molecule has 3 aromatic rings. The monoisotopic (exact) mass is 479 g/mol. The minimum absolute atomic E-state index is 0.0662. The zero-order valence-electron chi connectivity index (χ0n) is 18.0. The van der Waals surface area contributed by atoms with Crippen molar-refractivity contribution in [2.24, 2.45) is 5.92 Å². The van der Waals surface area contributed by atoms with Gasteiger partial charge in [0, 0.05) is 17.2 Å². The Bertz CT molecular complexity index is 1370. The van der Waals surface area contributed by atoms with Gasteiger partial charge >= 0.3 is 5.97 Å². The van der Waals surface area contributed by atoms with Crippen molar-refractivity contribution in [2.45, 2.75) is 29.8 Å². The molecule has 34 heavy (non-hydrogen) atoms. The predicted octanol–water partition coefficient (Wildman–Crippen LogP) is 5.23. The van der Waals surface area contributed by atoms with Crippen LogP contribution in [-0.2, 0) is 19.6 Å². The van der Waals surface area contributed by atoms with Gasteiger partial charge in [-0.15, -0.1) is 0 Å². The van der Waals surface area contributed by atoms with Crippen molar-refractivity contribution in [2.75, 3.05) is 4.72 Å². The van der Waals surface area contributed by atoms with Crippen molar-refractivity contribution in [3.05, 3.63) is 107 Å². The number of benzene rings is 3. The SMILES string of the molecule is O=C1OC(c2ccccc2)C(O)=C1C(c1cccc(NS(=O)(=O)c2ccc(F)cc2)c1)C1CC1. The minimum atomic E-state index is -3.93. The van der Waals surface area contributed by atoms with Crippen molar-refractivity contribution in [1.82, 2.24) is 0 Å². The molecule has 2 aliphatic rings. The van der Waals surface area contributed by atoms with Crippen LogP contribution in [0.4, 0.5) is 10.1 Å². The third kappa shape index (κ3) is 4.28. The molecule has 2 atom stereocenters. The molecule has 174 valence electrons. The number of ether oxygens (including phenoxy) is 1. The second-order valence-corrected chi connectivity index (χ2v) is 10.2. The number of anilines is 1. The highest BCUT2D eigenvalue weighted by molar-refractivity contribution is 7.92. The van der Waals surface area contributed by atoms with Gasteiger partial charge in [-0.1, -0.05) is 42.5 Å². The number of esters is 1. The molecule has 6 nitrogen and oxygen atoms in total. The first-order valence-electron chi connectivity index (χ1n) is 10.9. The molecule has 1 aliphatic carbocycles.